The number of nitrogens with one attached hydrogen (secondary N) is 1. The highest BCUT2D eigenvalue weighted by molar-refractivity contribution is 6.74. The molecule has 244 valence electrons. The Labute approximate surface area is 270 Å². The fraction of sp³-hybridized carbons (Fsp3) is 0.486. The van der Waals surface area contributed by atoms with E-state index in [0.717, 1.165) is 48.9 Å². The van der Waals surface area contributed by atoms with Crippen LogP contribution in [0.3, 0.4) is 0 Å². The number of hydrogen-bond donors (Lipinski definition) is 1. The zero-order valence-corrected chi connectivity index (χ0v) is 28.5. The van der Waals surface area contributed by atoms with Crippen molar-refractivity contribution in [2.75, 3.05) is 11.9 Å². The topological polar surface area (TPSA) is 88.7 Å². The molecular formula is C35H43F3N6OSi. The normalized spacial score (nSPS) is 15.0. The summed E-state index contributed by atoms with van der Waals surface area (Å²) in [4.78, 5) is 14.0. The molecule has 1 fully saturated rings. The minimum atomic E-state index is -4.42. The minimum absolute atomic E-state index is 0.0126. The predicted molar refractivity (Wildman–Crippen MR) is 178 cm³/mol. The Kier molecular flexibility index (Phi) is 9.62. The fourth-order valence-electron chi connectivity index (χ4n) is 5.62. The highest BCUT2D eigenvalue weighted by Gasteiger charge is 2.37. The van der Waals surface area contributed by atoms with Crippen LogP contribution in [0.4, 0.5) is 19.0 Å². The van der Waals surface area contributed by atoms with Gasteiger partial charge in [0.15, 0.2) is 19.8 Å². The lowest BCUT2D eigenvalue weighted by Gasteiger charge is -2.37. The number of rotatable bonds is 11. The molecule has 2 heterocycles. The molecule has 0 radical (unpaired) electrons. The maximum atomic E-state index is 13.3. The Hall–Kier alpha value is -3.75. The second-order valence-corrected chi connectivity index (χ2v) is 18.8. The number of nitriles is 1. The monoisotopic (exact) mass is 648 g/mol. The summed E-state index contributed by atoms with van der Waals surface area (Å²) in [5.41, 5.74) is 2.85. The number of anilines is 1. The molecule has 0 aliphatic heterocycles. The van der Waals surface area contributed by atoms with Gasteiger partial charge in [-0.05, 0) is 80.4 Å². The Bertz CT molecular complexity index is 1720. The first-order valence-corrected chi connectivity index (χ1v) is 18.9. The molecule has 46 heavy (non-hydrogen) atoms. The first-order chi connectivity index (χ1) is 21.7. The minimum Gasteiger partial charge on any atom is -0.417 e. The van der Waals surface area contributed by atoms with Gasteiger partial charge in [0, 0.05) is 24.8 Å². The molecule has 0 saturated heterocycles. The van der Waals surface area contributed by atoms with E-state index in [-0.39, 0.29) is 23.4 Å². The molecule has 1 unspecified atom stereocenters. The van der Waals surface area contributed by atoms with E-state index in [1.807, 2.05) is 35.8 Å². The van der Waals surface area contributed by atoms with Crippen LogP contribution in [0, 0.1) is 24.2 Å². The average Bonchev–Trinajstić information content (AvgIpc) is 3.31. The van der Waals surface area contributed by atoms with Gasteiger partial charge in [0.2, 0.25) is 5.82 Å². The molecule has 0 spiro atoms. The van der Waals surface area contributed by atoms with Gasteiger partial charge in [-0.2, -0.15) is 28.4 Å². The standard InChI is InChI=1S/C35H43F3N6OSi/c1-23-10-7-13-26(20-23)33-43-32-30(44(33)22-24-15-17-27(18-16-24)35(36,37)38)31(41-29(21-39)42-32)40-28(25-11-8-12-25)14-9-19-45-46(5,6)34(2,3)4/h7,10,13,15-18,20,25,28H,8-9,11-12,14,19,22H2,1-6H3,(H,40,41,42). The van der Waals surface area contributed by atoms with E-state index in [0.29, 0.717) is 40.9 Å². The highest BCUT2D eigenvalue weighted by Crippen LogP contribution is 2.38. The summed E-state index contributed by atoms with van der Waals surface area (Å²) in [6, 6.07) is 15.3. The van der Waals surface area contributed by atoms with Crippen LogP contribution in [-0.4, -0.2) is 40.5 Å². The Balaban J connectivity index is 1.53. The molecule has 0 bridgehead atoms. The Morgan fingerprint density at radius 1 is 1.07 bits per heavy atom. The van der Waals surface area contributed by atoms with E-state index in [9.17, 15) is 18.4 Å². The summed E-state index contributed by atoms with van der Waals surface area (Å²) in [6.07, 6.45) is 0.746. The van der Waals surface area contributed by atoms with E-state index >= 15 is 0 Å². The largest absolute Gasteiger partial charge is 0.417 e. The van der Waals surface area contributed by atoms with Crippen LogP contribution in [0.5, 0.6) is 0 Å². The molecule has 7 nitrogen and oxygen atoms in total. The Morgan fingerprint density at radius 2 is 1.78 bits per heavy atom. The van der Waals surface area contributed by atoms with Crippen molar-refractivity contribution in [2.24, 2.45) is 5.92 Å². The van der Waals surface area contributed by atoms with Gasteiger partial charge in [-0.3, -0.25) is 0 Å². The highest BCUT2D eigenvalue weighted by atomic mass is 28.4. The van der Waals surface area contributed by atoms with Crippen molar-refractivity contribution in [2.45, 2.75) is 96.7 Å². The van der Waals surface area contributed by atoms with Crippen LogP contribution in [0.2, 0.25) is 18.1 Å². The van der Waals surface area contributed by atoms with Crippen molar-refractivity contribution in [3.63, 3.8) is 0 Å². The molecule has 2 aromatic carbocycles. The molecule has 4 aromatic rings. The van der Waals surface area contributed by atoms with E-state index in [2.05, 4.69) is 55.2 Å². The summed E-state index contributed by atoms with van der Waals surface area (Å²) in [7, 11) is -1.86. The van der Waals surface area contributed by atoms with Crippen LogP contribution in [-0.2, 0) is 17.1 Å². The third-order valence-electron chi connectivity index (χ3n) is 9.57. The zero-order valence-electron chi connectivity index (χ0n) is 27.5. The summed E-state index contributed by atoms with van der Waals surface area (Å²) >= 11 is 0. The van der Waals surface area contributed by atoms with Crippen molar-refractivity contribution in [3.8, 4) is 17.5 Å². The van der Waals surface area contributed by atoms with Crippen molar-refractivity contribution in [1.82, 2.24) is 19.5 Å². The number of aromatic nitrogens is 4. The summed E-state index contributed by atoms with van der Waals surface area (Å²) in [6.45, 7) is 14.2. The zero-order chi connectivity index (χ0) is 33.3. The van der Waals surface area contributed by atoms with Gasteiger partial charge in [0.1, 0.15) is 17.4 Å². The summed E-state index contributed by atoms with van der Waals surface area (Å²) < 4.78 is 48.4. The number of benzene rings is 2. The number of nitrogens with zero attached hydrogens (tertiary/aromatic N) is 5. The van der Waals surface area contributed by atoms with Gasteiger partial charge >= 0.3 is 6.18 Å². The van der Waals surface area contributed by atoms with Crippen LogP contribution >= 0.6 is 0 Å². The molecule has 1 N–H and O–H groups in total. The number of imidazole rings is 1. The predicted octanol–water partition coefficient (Wildman–Crippen LogP) is 9.12. The van der Waals surface area contributed by atoms with Gasteiger partial charge in [0.05, 0.1) is 5.56 Å². The van der Waals surface area contributed by atoms with Gasteiger partial charge in [-0.25, -0.2) is 4.98 Å². The molecule has 2 aromatic heterocycles. The molecule has 1 aliphatic rings. The number of halogens is 3. The maximum Gasteiger partial charge on any atom is 0.416 e. The van der Waals surface area contributed by atoms with Gasteiger partial charge in [-0.15, -0.1) is 0 Å². The average molecular weight is 649 g/mol. The molecule has 11 heteroatoms. The third kappa shape index (κ3) is 7.45. The number of fused-ring (bicyclic) bond motifs is 1. The molecule has 0 amide bonds. The third-order valence-corrected chi connectivity index (χ3v) is 14.1. The second-order valence-electron chi connectivity index (χ2n) is 14.0. The SMILES string of the molecule is Cc1cccc(-c2nc3nc(C#N)nc(NC(CCCO[Si](C)(C)C(C)(C)C)C4CCC4)c3n2Cc2ccc(C(F)(F)F)cc2)c1. The van der Waals surface area contributed by atoms with E-state index < -0.39 is 20.1 Å². The molecule has 1 saturated carbocycles. The van der Waals surface area contributed by atoms with Crippen LogP contribution in [0.15, 0.2) is 48.5 Å². The fourth-order valence-corrected chi connectivity index (χ4v) is 6.71. The van der Waals surface area contributed by atoms with Crippen molar-refractivity contribution >= 4 is 25.3 Å². The summed E-state index contributed by atoms with van der Waals surface area (Å²) in [5, 5.41) is 13.7. The van der Waals surface area contributed by atoms with Crippen LogP contribution < -0.4 is 5.32 Å². The van der Waals surface area contributed by atoms with Crippen molar-refractivity contribution in [3.05, 3.63) is 71.0 Å². The smallest absolute Gasteiger partial charge is 0.416 e. The first kappa shape index (κ1) is 33.6. The van der Waals surface area contributed by atoms with E-state index in [4.69, 9.17) is 9.41 Å². The van der Waals surface area contributed by atoms with E-state index in [1.54, 1.807) is 0 Å². The lowest BCUT2D eigenvalue weighted by atomic mass is 9.78. The van der Waals surface area contributed by atoms with Gasteiger partial charge in [-0.1, -0.05) is 63.1 Å². The quantitative estimate of drug-likeness (QED) is 0.129. The molecule has 1 aliphatic carbocycles. The molecule has 1 atom stereocenters. The number of aryl methyl sites for hydroxylation is 1. The lowest BCUT2D eigenvalue weighted by Crippen LogP contribution is -2.41. The van der Waals surface area contributed by atoms with Crippen molar-refractivity contribution in [1.29, 1.82) is 5.26 Å². The van der Waals surface area contributed by atoms with Gasteiger partial charge < -0.3 is 14.3 Å². The number of hydrogen-bond acceptors (Lipinski definition) is 6. The van der Waals surface area contributed by atoms with Crippen molar-refractivity contribution < 1.29 is 17.6 Å². The summed E-state index contributed by atoms with van der Waals surface area (Å²) in [5.74, 6) is 1.60. The lowest BCUT2D eigenvalue weighted by molar-refractivity contribution is -0.137. The molecule has 5 rings (SSSR count). The number of alkyl halides is 3. The maximum absolute atomic E-state index is 13.3. The molecular weight excluding hydrogens is 606 g/mol. The van der Waals surface area contributed by atoms with Crippen LogP contribution in [0.25, 0.3) is 22.6 Å². The second kappa shape index (κ2) is 13.2. The Morgan fingerprint density at radius 3 is 2.37 bits per heavy atom. The van der Waals surface area contributed by atoms with Gasteiger partial charge in [0.25, 0.3) is 0 Å². The van der Waals surface area contributed by atoms with E-state index in [1.165, 1.54) is 18.6 Å². The van der Waals surface area contributed by atoms with Crippen LogP contribution in [0.1, 0.15) is 75.4 Å². The first-order valence-electron chi connectivity index (χ1n) is 16.0.